The van der Waals surface area contributed by atoms with Crippen molar-refractivity contribution in [3.8, 4) is 0 Å². The first-order valence-electron chi connectivity index (χ1n) is 7.63. The predicted octanol–water partition coefficient (Wildman–Crippen LogP) is -1.21. The third-order valence-electron chi connectivity index (χ3n) is 4.38. The molecule has 11 heteroatoms. The van der Waals surface area contributed by atoms with Gasteiger partial charge in [-0.2, -0.15) is 0 Å². The summed E-state index contributed by atoms with van der Waals surface area (Å²) in [5.74, 6) is -0.421. The maximum atomic E-state index is 12.3. The minimum Gasteiger partial charge on any atom is -0.391 e. The highest BCUT2D eigenvalue weighted by molar-refractivity contribution is 5.96. The molecular weight excluding hydrogens is 385 g/mol. The molecule has 144 valence electrons. The van der Waals surface area contributed by atoms with Gasteiger partial charge in [0.05, 0.1) is 17.1 Å². The molecular formula is C15H21Cl2N5O4. The number of aryl methyl sites for hydroxylation is 1. The highest BCUT2D eigenvalue weighted by Gasteiger charge is 2.25. The first-order valence-corrected chi connectivity index (χ1v) is 7.63. The highest BCUT2D eigenvalue weighted by atomic mass is 35.5. The van der Waals surface area contributed by atoms with E-state index >= 15 is 0 Å². The fraction of sp³-hybridized carbons (Fsp3) is 0.467. The van der Waals surface area contributed by atoms with Crippen molar-refractivity contribution < 1.29 is 9.90 Å². The van der Waals surface area contributed by atoms with Crippen LogP contribution in [0.15, 0.2) is 21.9 Å². The second-order valence-corrected chi connectivity index (χ2v) is 6.00. The molecule has 2 aromatic rings. The molecule has 0 aliphatic carbocycles. The number of rotatable bonds is 3. The van der Waals surface area contributed by atoms with Gasteiger partial charge in [-0.15, -0.1) is 24.8 Å². The van der Waals surface area contributed by atoms with Crippen LogP contribution >= 0.6 is 24.8 Å². The number of fused-ring (bicyclic) bond motifs is 1. The van der Waals surface area contributed by atoms with Gasteiger partial charge in [0.15, 0.2) is 0 Å². The Hall–Kier alpha value is -1.94. The molecule has 0 aromatic carbocycles. The van der Waals surface area contributed by atoms with Gasteiger partial charge in [0, 0.05) is 45.8 Å². The smallest absolute Gasteiger partial charge is 0.332 e. The van der Waals surface area contributed by atoms with Crippen LogP contribution in [0.2, 0.25) is 0 Å². The van der Waals surface area contributed by atoms with Crippen LogP contribution in [0, 0.1) is 5.92 Å². The number of carbonyl (C=O) groups is 1. The Bertz CT molecular complexity index is 927. The minimum absolute atomic E-state index is 0. The summed E-state index contributed by atoms with van der Waals surface area (Å²) < 4.78 is 2.24. The Morgan fingerprint density at radius 2 is 2.00 bits per heavy atom. The molecule has 1 aliphatic heterocycles. The van der Waals surface area contributed by atoms with Crippen molar-refractivity contribution in [1.29, 1.82) is 0 Å². The van der Waals surface area contributed by atoms with Crippen LogP contribution in [0.4, 0.5) is 0 Å². The molecule has 1 saturated heterocycles. The van der Waals surface area contributed by atoms with Gasteiger partial charge in [0.25, 0.3) is 11.5 Å². The van der Waals surface area contributed by atoms with E-state index in [-0.39, 0.29) is 53.2 Å². The van der Waals surface area contributed by atoms with Gasteiger partial charge in [0.2, 0.25) is 0 Å². The van der Waals surface area contributed by atoms with Crippen LogP contribution in [0.3, 0.4) is 0 Å². The second kappa shape index (κ2) is 8.63. The van der Waals surface area contributed by atoms with Crippen molar-refractivity contribution in [2.75, 3.05) is 19.6 Å². The summed E-state index contributed by atoms with van der Waals surface area (Å²) in [5.41, 5.74) is -0.501. The van der Waals surface area contributed by atoms with Gasteiger partial charge in [-0.3, -0.25) is 18.7 Å². The highest BCUT2D eigenvalue weighted by Crippen LogP contribution is 2.09. The Labute approximate surface area is 161 Å². The van der Waals surface area contributed by atoms with Crippen molar-refractivity contribution in [1.82, 2.24) is 24.8 Å². The van der Waals surface area contributed by atoms with E-state index in [0.29, 0.717) is 19.6 Å². The molecule has 1 aliphatic rings. The number of hydrogen-bond donors (Lipinski definition) is 3. The number of hydrogen-bond acceptors (Lipinski definition) is 6. The summed E-state index contributed by atoms with van der Waals surface area (Å²) in [6.45, 7) is 1.48. The van der Waals surface area contributed by atoms with Crippen molar-refractivity contribution >= 4 is 41.8 Å². The van der Waals surface area contributed by atoms with Crippen molar-refractivity contribution in [2.24, 2.45) is 20.0 Å². The van der Waals surface area contributed by atoms with Crippen LogP contribution in [-0.2, 0) is 14.1 Å². The fourth-order valence-corrected chi connectivity index (χ4v) is 2.84. The van der Waals surface area contributed by atoms with E-state index in [4.69, 9.17) is 0 Å². The summed E-state index contributed by atoms with van der Waals surface area (Å²) in [7, 11) is 2.90. The molecule has 0 radical (unpaired) electrons. The monoisotopic (exact) mass is 405 g/mol. The van der Waals surface area contributed by atoms with Gasteiger partial charge >= 0.3 is 5.69 Å². The molecule has 2 aromatic heterocycles. The average Bonchev–Trinajstić information content (AvgIpc) is 3.00. The third kappa shape index (κ3) is 3.90. The van der Waals surface area contributed by atoms with Crippen LogP contribution in [0.5, 0.6) is 0 Å². The molecule has 2 unspecified atom stereocenters. The molecule has 3 N–H and O–H groups in total. The molecule has 0 spiro atoms. The molecule has 9 nitrogen and oxygen atoms in total. The zero-order valence-corrected chi connectivity index (χ0v) is 15.9. The Morgan fingerprint density at radius 3 is 2.62 bits per heavy atom. The maximum Gasteiger partial charge on any atom is 0.332 e. The van der Waals surface area contributed by atoms with E-state index in [0.717, 1.165) is 4.57 Å². The number of amides is 1. The standard InChI is InChI=1S/C15H19N5O4.2ClH/c1-19-12-10(14(23)20(2)15(19)24)3-8(5-17-12)13(22)18-6-9-4-16-7-11(9)21;;/h3,5,9,11,16,21H,4,6-7H2,1-2H3,(H,18,22);2*1H. The van der Waals surface area contributed by atoms with E-state index in [1.165, 1.54) is 30.9 Å². The van der Waals surface area contributed by atoms with Gasteiger partial charge in [0.1, 0.15) is 5.65 Å². The lowest BCUT2D eigenvalue weighted by molar-refractivity contribution is 0.0927. The molecule has 3 heterocycles. The number of aliphatic hydroxyl groups excluding tert-OH is 1. The molecule has 0 saturated carbocycles. The number of carbonyl (C=O) groups excluding carboxylic acids is 1. The zero-order chi connectivity index (χ0) is 17.4. The molecule has 3 rings (SSSR count). The first-order chi connectivity index (χ1) is 11.4. The van der Waals surface area contributed by atoms with E-state index < -0.39 is 17.4 Å². The number of pyridine rings is 1. The van der Waals surface area contributed by atoms with E-state index in [1.54, 1.807) is 0 Å². The second-order valence-electron chi connectivity index (χ2n) is 6.00. The average molecular weight is 406 g/mol. The summed E-state index contributed by atoms with van der Waals surface area (Å²) >= 11 is 0. The number of aliphatic hydroxyl groups is 1. The Morgan fingerprint density at radius 1 is 1.31 bits per heavy atom. The van der Waals surface area contributed by atoms with Crippen molar-refractivity contribution in [3.05, 3.63) is 38.7 Å². The lowest BCUT2D eigenvalue weighted by Gasteiger charge is -2.14. The lowest BCUT2D eigenvalue weighted by atomic mass is 10.1. The SMILES string of the molecule is Cl.Cl.Cn1c(=O)c2cc(C(=O)NCC3CNCC3O)cnc2n(C)c1=O. The van der Waals surface area contributed by atoms with Gasteiger partial charge < -0.3 is 15.7 Å². The normalized spacial score (nSPS) is 18.9. The first kappa shape index (κ1) is 22.1. The summed E-state index contributed by atoms with van der Waals surface area (Å²) in [6.07, 6.45) is 0.849. The Balaban J connectivity index is 0.00000169. The molecule has 1 fully saturated rings. The van der Waals surface area contributed by atoms with Crippen molar-refractivity contribution in [3.63, 3.8) is 0 Å². The third-order valence-corrected chi connectivity index (χ3v) is 4.38. The summed E-state index contributed by atoms with van der Waals surface area (Å²) in [5, 5.41) is 15.7. The van der Waals surface area contributed by atoms with Crippen molar-refractivity contribution in [2.45, 2.75) is 6.10 Å². The van der Waals surface area contributed by atoms with Crippen LogP contribution in [-0.4, -0.2) is 50.9 Å². The summed E-state index contributed by atoms with van der Waals surface area (Å²) in [6, 6.07) is 1.43. The lowest BCUT2D eigenvalue weighted by Crippen LogP contribution is -2.38. The van der Waals surface area contributed by atoms with E-state index in [2.05, 4.69) is 15.6 Å². The largest absolute Gasteiger partial charge is 0.391 e. The molecule has 1 amide bonds. The zero-order valence-electron chi connectivity index (χ0n) is 14.3. The van der Waals surface area contributed by atoms with Crippen LogP contribution < -0.4 is 21.9 Å². The predicted molar refractivity (Wildman–Crippen MR) is 101 cm³/mol. The molecule has 2 atom stereocenters. The Kier molecular flexibility index (Phi) is 7.34. The summed E-state index contributed by atoms with van der Waals surface area (Å²) in [4.78, 5) is 40.5. The molecule has 26 heavy (non-hydrogen) atoms. The maximum absolute atomic E-state index is 12.3. The van der Waals surface area contributed by atoms with E-state index in [9.17, 15) is 19.5 Å². The van der Waals surface area contributed by atoms with Gasteiger partial charge in [-0.1, -0.05) is 0 Å². The number of nitrogens with zero attached hydrogens (tertiary/aromatic N) is 3. The van der Waals surface area contributed by atoms with Gasteiger partial charge in [-0.25, -0.2) is 9.78 Å². The molecule has 0 bridgehead atoms. The number of halogens is 2. The number of β-amino-alcohol motifs (C(OH)–C–C–N with tert-alkyl or cyclic N) is 1. The van der Waals surface area contributed by atoms with Crippen LogP contribution in [0.25, 0.3) is 11.0 Å². The number of aromatic nitrogens is 3. The van der Waals surface area contributed by atoms with E-state index in [1.807, 2.05) is 0 Å². The number of nitrogens with one attached hydrogen (secondary N) is 2. The fourth-order valence-electron chi connectivity index (χ4n) is 2.84. The minimum atomic E-state index is -0.495. The van der Waals surface area contributed by atoms with Crippen LogP contribution in [0.1, 0.15) is 10.4 Å². The van der Waals surface area contributed by atoms with Gasteiger partial charge in [-0.05, 0) is 6.07 Å². The quantitative estimate of drug-likeness (QED) is 0.589. The topological polar surface area (TPSA) is 118 Å².